The van der Waals surface area contributed by atoms with Crippen LogP contribution in [0.4, 0.5) is 0 Å². The molecule has 4 bridgehead atoms. The number of unbranched alkanes of at least 4 members (excludes halogenated alkanes) is 12. The fourth-order valence-corrected chi connectivity index (χ4v) is 7.89. The molecule has 0 unspecified atom stereocenters. The van der Waals surface area contributed by atoms with Crippen molar-refractivity contribution in [2.45, 2.75) is 160 Å². The minimum atomic E-state index is -1.49. The Labute approximate surface area is 399 Å². The van der Waals surface area contributed by atoms with Gasteiger partial charge in [0.2, 0.25) is 47.3 Å². The molecule has 19 nitrogen and oxygen atoms in total. The van der Waals surface area contributed by atoms with E-state index in [1.54, 1.807) is 0 Å². The molecule has 8 amide bonds. The molecule has 0 aromatic heterocycles. The minimum Gasteiger partial charge on any atom is -0.507 e. The molecule has 10 N–H and O–H groups in total. The first kappa shape index (κ1) is 56.1. The summed E-state index contributed by atoms with van der Waals surface area (Å²) in [5.74, 6) is -6.50. The first-order valence-electron chi connectivity index (χ1n) is 23.9. The Bertz CT molecular complexity index is 2070. The number of likely N-dealkylation sites (N-methyl/N-ethyl adjacent to an activating group) is 2. The quantitative estimate of drug-likeness (QED) is 0.0653. The number of aliphatic hydroxyl groups is 1. The van der Waals surface area contributed by atoms with Gasteiger partial charge in [0.25, 0.3) is 0 Å². The van der Waals surface area contributed by atoms with Crippen LogP contribution in [0.1, 0.15) is 135 Å². The van der Waals surface area contributed by atoms with E-state index in [1.807, 2.05) is 0 Å². The Hall–Kier alpha value is -6.24. The van der Waals surface area contributed by atoms with Crippen LogP contribution in [-0.4, -0.2) is 130 Å². The molecule has 376 valence electrons. The highest BCUT2D eigenvalue weighted by atomic mass is 16.3. The molecular weight excluding hydrogens is 877 g/mol. The van der Waals surface area contributed by atoms with Crippen molar-refractivity contribution in [1.82, 2.24) is 36.4 Å². The van der Waals surface area contributed by atoms with Gasteiger partial charge in [-0.15, -0.1) is 0 Å². The summed E-state index contributed by atoms with van der Waals surface area (Å²) in [5, 5.41) is 44.5. The number of aromatic hydroxyl groups is 2. The Morgan fingerprint density at radius 1 is 0.735 bits per heavy atom. The number of aliphatic hydroxyl groups excluding tert-OH is 1. The topological polar surface area (TPSA) is 290 Å². The molecule has 0 fully saturated rings. The monoisotopic (exact) mass is 951 g/mol. The maximum atomic E-state index is 14.1. The number of carbonyl (C=O) groups is 8. The molecule has 1 aliphatic rings. The zero-order valence-electron chi connectivity index (χ0n) is 40.5. The zero-order chi connectivity index (χ0) is 50.5. The highest BCUT2D eigenvalue weighted by molar-refractivity contribution is 5.97. The first-order chi connectivity index (χ1) is 32.3. The van der Waals surface area contributed by atoms with E-state index >= 15 is 0 Å². The van der Waals surface area contributed by atoms with Crippen LogP contribution in [0, 0.1) is 0 Å². The van der Waals surface area contributed by atoms with E-state index in [0.717, 1.165) is 29.1 Å². The molecule has 0 aliphatic carbocycles. The second-order valence-electron chi connectivity index (χ2n) is 17.8. The van der Waals surface area contributed by atoms with Crippen molar-refractivity contribution in [1.29, 1.82) is 0 Å². The highest BCUT2D eigenvalue weighted by Gasteiger charge is 2.34. The van der Waals surface area contributed by atoms with Gasteiger partial charge in [0.05, 0.1) is 13.2 Å². The van der Waals surface area contributed by atoms with E-state index in [4.69, 9.17) is 5.73 Å². The number of nitrogens with zero attached hydrogens (tertiary/aromatic N) is 2. The number of fused-ring (bicyclic) bond motifs is 5. The van der Waals surface area contributed by atoms with Gasteiger partial charge in [-0.3, -0.25) is 38.4 Å². The summed E-state index contributed by atoms with van der Waals surface area (Å²) in [5.41, 5.74) is 6.06. The number of phenolic OH excluding ortho intramolecular Hbond substituents is 2. The van der Waals surface area contributed by atoms with E-state index in [1.165, 1.54) is 129 Å². The molecule has 2 aromatic rings. The standard InChI is InChI=1S/C49H74N8O11/c1-7-8-9-10-11-12-13-14-15-16-17-18-19-20-41(61)56(5)38(29-58)48(67)53-31(3)45(64)51-28-42(62)57(6)43-34-22-24-40(60)36(27-34)35-25-33(21-23-39(35)59)26-37(47(66)52-30(2)44(50)63)55-46(65)32(4)54-49(43)68/h21-25,27,30-32,37-38,43,58-60H,7-20,26,28-29H2,1-6H3,(H2,50,63)(H,51,64)(H,52,66)(H,53,67)(H,54,68)(H,55,65)/t30-,31+,32-,37-,38+,43-/m0/s1. The van der Waals surface area contributed by atoms with Crippen molar-refractivity contribution in [3.63, 3.8) is 0 Å². The number of rotatable bonds is 25. The molecule has 0 saturated carbocycles. The zero-order valence-corrected chi connectivity index (χ0v) is 40.5. The van der Waals surface area contributed by atoms with Crippen LogP contribution in [0.5, 0.6) is 11.5 Å². The summed E-state index contributed by atoms with van der Waals surface area (Å²) in [6.45, 7) is 4.94. The van der Waals surface area contributed by atoms with Crippen LogP contribution >= 0.6 is 0 Å². The van der Waals surface area contributed by atoms with E-state index < -0.39 is 90.8 Å². The SMILES string of the molecule is CCCCCCCCCCCCCCCC(=O)N(C)[C@H](CO)C(=O)N[C@H](C)C(=O)NCC(=O)N(C)[C@@H]1C(=O)N[C@@H](C)C(=O)N[C@H](C(=O)N[C@@H](C)C(N)=O)Cc2ccc(O)c(c2)-c2cc1ccc2O. The average Bonchev–Trinajstić information content (AvgIpc) is 3.30. The van der Waals surface area contributed by atoms with Crippen molar-refractivity contribution in [3.8, 4) is 22.6 Å². The third-order valence-electron chi connectivity index (χ3n) is 12.3. The molecular formula is C49H74N8O11. The predicted molar refractivity (Wildman–Crippen MR) is 255 cm³/mol. The molecule has 1 aliphatic heterocycles. The van der Waals surface area contributed by atoms with Gasteiger partial charge in [-0.2, -0.15) is 0 Å². The summed E-state index contributed by atoms with van der Waals surface area (Å²) in [6, 6.07) is 0.672. The fourth-order valence-electron chi connectivity index (χ4n) is 7.89. The number of amides is 8. The molecule has 0 saturated heterocycles. The molecule has 0 radical (unpaired) electrons. The van der Waals surface area contributed by atoms with Crippen molar-refractivity contribution in [2.75, 3.05) is 27.2 Å². The van der Waals surface area contributed by atoms with E-state index in [-0.39, 0.29) is 46.9 Å². The lowest BCUT2D eigenvalue weighted by atomic mass is 9.93. The van der Waals surface area contributed by atoms with E-state index in [2.05, 4.69) is 33.5 Å². The summed E-state index contributed by atoms with van der Waals surface area (Å²) >= 11 is 0. The number of nitrogens with two attached hydrogens (primary N) is 1. The molecule has 6 atom stereocenters. The summed E-state index contributed by atoms with van der Waals surface area (Å²) in [4.78, 5) is 108. The third kappa shape index (κ3) is 17.1. The Morgan fingerprint density at radius 3 is 1.87 bits per heavy atom. The van der Waals surface area contributed by atoms with Gasteiger partial charge in [-0.25, -0.2) is 0 Å². The summed E-state index contributed by atoms with van der Waals surface area (Å²) < 4.78 is 0. The molecule has 1 heterocycles. The normalized spacial score (nSPS) is 17.2. The maximum absolute atomic E-state index is 14.1. The lowest BCUT2D eigenvalue weighted by Gasteiger charge is -2.30. The van der Waals surface area contributed by atoms with Crippen molar-refractivity contribution >= 4 is 47.3 Å². The van der Waals surface area contributed by atoms with E-state index in [9.17, 15) is 53.7 Å². The van der Waals surface area contributed by atoms with E-state index in [0.29, 0.717) is 12.0 Å². The molecule has 0 spiro atoms. The largest absolute Gasteiger partial charge is 0.507 e. The van der Waals surface area contributed by atoms with Gasteiger partial charge in [0, 0.05) is 38.1 Å². The Balaban J connectivity index is 1.65. The van der Waals surface area contributed by atoms with Crippen molar-refractivity contribution < 1.29 is 53.7 Å². The lowest BCUT2D eigenvalue weighted by Crippen LogP contribution is -2.57. The average molecular weight is 951 g/mol. The minimum absolute atomic E-state index is 0.0592. The van der Waals surface area contributed by atoms with Crippen molar-refractivity contribution in [2.24, 2.45) is 5.73 Å². The van der Waals surface area contributed by atoms with Crippen molar-refractivity contribution in [3.05, 3.63) is 47.5 Å². The van der Waals surface area contributed by atoms with Gasteiger partial charge in [-0.1, -0.05) is 96.1 Å². The van der Waals surface area contributed by atoms with Crippen LogP contribution in [0.25, 0.3) is 11.1 Å². The summed E-state index contributed by atoms with van der Waals surface area (Å²) in [7, 11) is 2.69. The Kier molecular flexibility index (Phi) is 23.2. The van der Waals surface area contributed by atoms with Gasteiger partial charge in [0.1, 0.15) is 47.8 Å². The van der Waals surface area contributed by atoms with Gasteiger partial charge in [0.15, 0.2) is 0 Å². The summed E-state index contributed by atoms with van der Waals surface area (Å²) in [6.07, 6.45) is 15.1. The van der Waals surface area contributed by atoms with Crippen LogP contribution in [0.3, 0.4) is 0 Å². The smallest absolute Gasteiger partial charge is 0.248 e. The number of hydrogen-bond donors (Lipinski definition) is 9. The number of phenols is 2. The fraction of sp³-hybridized carbons (Fsp3) is 0.592. The number of hydrogen-bond acceptors (Lipinski definition) is 11. The van der Waals surface area contributed by atoms with Crippen LogP contribution in [0.2, 0.25) is 0 Å². The molecule has 68 heavy (non-hydrogen) atoms. The van der Waals surface area contributed by atoms with Gasteiger partial charge in [-0.05, 0) is 62.6 Å². The molecule has 19 heteroatoms. The second-order valence-corrected chi connectivity index (χ2v) is 17.8. The lowest BCUT2D eigenvalue weighted by molar-refractivity contribution is -0.142. The molecule has 2 aromatic carbocycles. The first-order valence-corrected chi connectivity index (χ1v) is 23.9. The number of nitrogens with one attached hydrogen (secondary N) is 5. The maximum Gasteiger partial charge on any atom is 0.248 e. The van der Waals surface area contributed by atoms with Gasteiger partial charge < -0.3 is 57.4 Å². The third-order valence-corrected chi connectivity index (χ3v) is 12.3. The number of primary amides is 1. The van der Waals surface area contributed by atoms with Gasteiger partial charge >= 0.3 is 0 Å². The number of carbonyl (C=O) groups excluding carboxylic acids is 8. The predicted octanol–water partition coefficient (Wildman–Crippen LogP) is 2.72. The van der Waals surface area contributed by atoms with Crippen LogP contribution < -0.4 is 32.3 Å². The highest BCUT2D eigenvalue weighted by Crippen LogP contribution is 2.38. The van der Waals surface area contributed by atoms with Crippen LogP contribution in [-0.2, 0) is 44.8 Å². The van der Waals surface area contributed by atoms with Crippen LogP contribution in [0.15, 0.2) is 36.4 Å². The Morgan fingerprint density at radius 2 is 1.29 bits per heavy atom. The number of benzene rings is 2. The molecule has 3 rings (SSSR count). The second kappa shape index (κ2) is 28.2.